The van der Waals surface area contributed by atoms with Gasteiger partial charge in [0.1, 0.15) is 0 Å². The summed E-state index contributed by atoms with van der Waals surface area (Å²) in [6, 6.07) is 0. The van der Waals surface area contributed by atoms with Crippen molar-refractivity contribution in [3.63, 3.8) is 0 Å². The van der Waals surface area contributed by atoms with Crippen molar-refractivity contribution in [1.82, 2.24) is 14.5 Å². The molecule has 3 rings (SSSR count). The van der Waals surface area contributed by atoms with Crippen LogP contribution < -0.4 is 4.90 Å². The first kappa shape index (κ1) is 20.9. The van der Waals surface area contributed by atoms with Gasteiger partial charge in [0, 0.05) is 33.2 Å². The Kier molecular flexibility index (Phi) is 5.13. The number of nitrogens with zero attached hydrogens (tertiary/aromatic N) is 4. The maximum absolute atomic E-state index is 13.2. The quantitative estimate of drug-likeness (QED) is 0.778. The van der Waals surface area contributed by atoms with Gasteiger partial charge < -0.3 is 24.4 Å². The molecule has 0 radical (unpaired) electrons. The van der Waals surface area contributed by atoms with E-state index in [1.165, 1.54) is 23.2 Å². The molecule has 1 atom stereocenters. The highest BCUT2D eigenvalue weighted by Crippen LogP contribution is 2.48. The second kappa shape index (κ2) is 6.89. The summed E-state index contributed by atoms with van der Waals surface area (Å²) in [7, 11) is 4.68. The second-order valence-electron chi connectivity index (χ2n) is 7.88. The van der Waals surface area contributed by atoms with Crippen LogP contribution in [0.5, 0.6) is 0 Å². The molecule has 8 nitrogen and oxygen atoms in total. The van der Waals surface area contributed by atoms with Crippen molar-refractivity contribution in [2.24, 2.45) is 12.5 Å². The van der Waals surface area contributed by atoms with E-state index < -0.39 is 42.3 Å². The molecule has 1 fully saturated rings. The molecule has 2 heterocycles. The van der Waals surface area contributed by atoms with Gasteiger partial charge in [0.15, 0.2) is 17.1 Å². The van der Waals surface area contributed by atoms with Crippen LogP contribution in [0.15, 0.2) is 6.33 Å². The number of methoxy groups -OCH3 is 1. The van der Waals surface area contributed by atoms with Gasteiger partial charge in [-0.3, -0.25) is 9.69 Å². The van der Waals surface area contributed by atoms with E-state index in [9.17, 15) is 28.2 Å². The van der Waals surface area contributed by atoms with Crippen LogP contribution in [0.1, 0.15) is 36.2 Å². The van der Waals surface area contributed by atoms with Gasteiger partial charge >= 0.3 is 6.18 Å². The number of hydrogen-bond donors (Lipinski definition) is 2. The summed E-state index contributed by atoms with van der Waals surface area (Å²) in [5.74, 6) is -0.111. The van der Waals surface area contributed by atoms with Gasteiger partial charge in [-0.15, -0.1) is 0 Å². The second-order valence-corrected chi connectivity index (χ2v) is 7.88. The maximum Gasteiger partial charge on any atom is 0.417 e. The molecule has 1 aromatic heterocycles. The molecule has 1 aliphatic carbocycles. The number of aliphatic hydroxyl groups is 2. The summed E-state index contributed by atoms with van der Waals surface area (Å²) in [5.41, 5.74) is -3.25. The molecular formula is C17H25F3N4O4. The zero-order valence-corrected chi connectivity index (χ0v) is 16.0. The summed E-state index contributed by atoms with van der Waals surface area (Å²) in [5, 5.41) is 20.6. The van der Waals surface area contributed by atoms with Gasteiger partial charge in [-0.05, 0) is 25.7 Å². The van der Waals surface area contributed by atoms with Crippen molar-refractivity contribution < 1.29 is 32.9 Å². The van der Waals surface area contributed by atoms with E-state index in [1.807, 2.05) is 0 Å². The molecule has 28 heavy (non-hydrogen) atoms. The minimum Gasteiger partial charge on any atom is -0.384 e. The molecule has 158 valence electrons. The lowest BCUT2D eigenvalue weighted by molar-refractivity contribution is -0.277. The molecule has 0 spiro atoms. The summed E-state index contributed by atoms with van der Waals surface area (Å²) in [4.78, 5) is 19.7. The zero-order valence-electron chi connectivity index (χ0n) is 16.0. The third-order valence-electron chi connectivity index (χ3n) is 5.96. The lowest BCUT2D eigenvalue weighted by Gasteiger charge is -2.48. The summed E-state index contributed by atoms with van der Waals surface area (Å²) >= 11 is 0. The van der Waals surface area contributed by atoms with Crippen molar-refractivity contribution in [2.75, 3.05) is 32.2 Å². The Bertz CT molecular complexity index is 743. The number of amides is 1. The normalized spacial score (nSPS) is 31.3. The molecule has 1 amide bonds. The third kappa shape index (κ3) is 3.25. The zero-order chi connectivity index (χ0) is 20.9. The van der Waals surface area contributed by atoms with Crippen LogP contribution in [0.4, 0.5) is 19.0 Å². The minimum atomic E-state index is -4.71. The largest absolute Gasteiger partial charge is 0.417 e. The highest BCUT2D eigenvalue weighted by molar-refractivity contribution is 5.99. The standard InChI is InChI=1S/C17H25F3N4O4/c1-22-10-21-12-11(22)13(25)24(14(26)23(12)2)8-15(9-28-3)4-6-16(27,7-5-15)17(18,19)20/h10,14,26-27H,4-9H2,1-3H3. The van der Waals surface area contributed by atoms with Gasteiger partial charge in [-0.1, -0.05) is 0 Å². The number of hydrogen-bond acceptors (Lipinski definition) is 6. The number of halogens is 3. The van der Waals surface area contributed by atoms with Gasteiger partial charge in [-0.2, -0.15) is 13.2 Å². The van der Waals surface area contributed by atoms with Gasteiger partial charge in [0.2, 0.25) is 6.35 Å². The monoisotopic (exact) mass is 406 g/mol. The first-order chi connectivity index (χ1) is 12.9. The third-order valence-corrected chi connectivity index (χ3v) is 5.96. The van der Waals surface area contributed by atoms with Crippen LogP contribution in [0.25, 0.3) is 0 Å². The first-order valence-electron chi connectivity index (χ1n) is 8.96. The molecule has 1 aromatic rings. The number of anilines is 1. The Morgan fingerprint density at radius 1 is 1.29 bits per heavy atom. The number of fused-ring (bicyclic) bond motifs is 1. The van der Waals surface area contributed by atoms with Crippen molar-refractivity contribution in [2.45, 2.75) is 43.8 Å². The Labute approximate surface area is 160 Å². The summed E-state index contributed by atoms with van der Waals surface area (Å²) in [6.07, 6.45) is -5.49. The number of imidazole rings is 1. The van der Waals surface area contributed by atoms with Crippen LogP contribution in [0.2, 0.25) is 0 Å². The molecule has 2 aliphatic rings. The van der Waals surface area contributed by atoms with Crippen molar-refractivity contribution in [3.8, 4) is 0 Å². The van der Waals surface area contributed by atoms with Gasteiger partial charge in [0.25, 0.3) is 5.91 Å². The number of aliphatic hydroxyl groups excluding tert-OH is 1. The van der Waals surface area contributed by atoms with E-state index in [0.717, 1.165) is 0 Å². The molecule has 1 aliphatic heterocycles. The molecule has 2 N–H and O–H groups in total. The fraction of sp³-hybridized carbons (Fsp3) is 0.765. The van der Waals surface area contributed by atoms with E-state index in [4.69, 9.17) is 4.74 Å². The lowest BCUT2D eigenvalue weighted by Crippen LogP contribution is -2.59. The Morgan fingerprint density at radius 3 is 2.43 bits per heavy atom. The molecule has 11 heteroatoms. The topological polar surface area (TPSA) is 91.1 Å². The maximum atomic E-state index is 13.2. The average molecular weight is 406 g/mol. The molecule has 1 saturated carbocycles. The van der Waals surface area contributed by atoms with Crippen molar-refractivity contribution in [1.29, 1.82) is 0 Å². The summed E-state index contributed by atoms with van der Waals surface area (Å²) in [6.45, 7) is 0.114. The van der Waals surface area contributed by atoms with E-state index in [1.54, 1.807) is 18.7 Å². The molecular weight excluding hydrogens is 381 g/mol. The smallest absolute Gasteiger partial charge is 0.384 e. The SMILES string of the molecule is COCC1(CN2C(=O)c3c(ncn3C)N(C)C2O)CCC(O)(C(F)(F)F)CC1. The van der Waals surface area contributed by atoms with E-state index in [-0.39, 0.29) is 26.0 Å². The molecule has 0 bridgehead atoms. The Hall–Kier alpha value is -1.85. The Morgan fingerprint density at radius 2 is 1.89 bits per heavy atom. The minimum absolute atomic E-state index is 0.00371. The fourth-order valence-corrected chi connectivity index (χ4v) is 4.13. The number of rotatable bonds is 4. The number of ether oxygens (including phenoxy) is 1. The predicted molar refractivity (Wildman–Crippen MR) is 92.4 cm³/mol. The number of aromatic nitrogens is 2. The molecule has 0 saturated heterocycles. The average Bonchev–Trinajstić information content (AvgIpc) is 3.01. The fourth-order valence-electron chi connectivity index (χ4n) is 4.13. The predicted octanol–water partition coefficient (Wildman–Crippen LogP) is 1.09. The van der Waals surface area contributed by atoms with E-state index >= 15 is 0 Å². The van der Waals surface area contributed by atoms with Crippen molar-refractivity contribution >= 4 is 11.7 Å². The van der Waals surface area contributed by atoms with Crippen LogP contribution >= 0.6 is 0 Å². The number of alkyl halides is 3. The van der Waals surface area contributed by atoms with E-state index in [0.29, 0.717) is 11.5 Å². The Balaban J connectivity index is 1.86. The van der Waals surface area contributed by atoms with E-state index in [2.05, 4.69) is 4.98 Å². The van der Waals surface area contributed by atoms with Crippen LogP contribution in [0, 0.1) is 5.41 Å². The van der Waals surface area contributed by atoms with Crippen LogP contribution in [-0.4, -0.2) is 76.0 Å². The molecule has 0 aromatic carbocycles. The first-order valence-corrected chi connectivity index (χ1v) is 8.96. The van der Waals surface area contributed by atoms with Crippen LogP contribution in [-0.2, 0) is 11.8 Å². The lowest BCUT2D eigenvalue weighted by atomic mass is 9.68. The van der Waals surface area contributed by atoms with Gasteiger partial charge in [0.05, 0.1) is 12.9 Å². The number of carbonyl (C=O) groups excluding carboxylic acids is 1. The summed E-state index contributed by atoms with van der Waals surface area (Å²) < 4.78 is 46.3. The number of aryl methyl sites for hydroxylation is 1. The van der Waals surface area contributed by atoms with Crippen molar-refractivity contribution in [3.05, 3.63) is 12.0 Å². The molecule has 1 unspecified atom stereocenters. The van der Waals surface area contributed by atoms with Gasteiger partial charge in [-0.25, -0.2) is 4.98 Å². The highest BCUT2D eigenvalue weighted by atomic mass is 19.4. The highest BCUT2D eigenvalue weighted by Gasteiger charge is 2.57. The number of carbonyl (C=O) groups is 1. The van der Waals surface area contributed by atoms with Crippen LogP contribution in [0.3, 0.4) is 0 Å².